The monoisotopic (exact) mass is 486 g/mol. The van der Waals surface area contributed by atoms with Gasteiger partial charge in [-0.3, -0.25) is 0 Å². The van der Waals surface area contributed by atoms with E-state index in [2.05, 4.69) is 5.32 Å². The molecule has 3 aromatic rings. The predicted molar refractivity (Wildman–Crippen MR) is 128 cm³/mol. The number of amides is 2. The first-order chi connectivity index (χ1) is 16.2. The van der Waals surface area contributed by atoms with Gasteiger partial charge in [-0.2, -0.15) is 8.42 Å². The van der Waals surface area contributed by atoms with Crippen LogP contribution in [0.15, 0.2) is 77.7 Å². The van der Waals surface area contributed by atoms with E-state index < -0.39 is 15.9 Å². The van der Waals surface area contributed by atoms with Gasteiger partial charge in [-0.1, -0.05) is 32.0 Å². The van der Waals surface area contributed by atoms with Crippen molar-refractivity contribution in [3.63, 3.8) is 0 Å². The molecule has 7 nitrogen and oxygen atoms in total. The van der Waals surface area contributed by atoms with E-state index in [1.165, 1.54) is 6.07 Å². The maximum absolute atomic E-state index is 13.1. The van der Waals surface area contributed by atoms with Crippen LogP contribution < -0.4 is 14.2 Å². The topological polar surface area (TPSA) is 84.9 Å². The molecule has 0 saturated carbocycles. The summed E-state index contributed by atoms with van der Waals surface area (Å²) in [5, 5.41) is 2.87. The molecule has 0 aliphatic heterocycles. The summed E-state index contributed by atoms with van der Waals surface area (Å²) in [4.78, 5) is 14.5. The van der Waals surface area contributed by atoms with Gasteiger partial charge in [0.2, 0.25) is 0 Å². The number of halogens is 1. The summed E-state index contributed by atoms with van der Waals surface area (Å²) in [6, 6.07) is 17.6. The second kappa shape index (κ2) is 11.0. The molecule has 0 fully saturated rings. The molecule has 0 bridgehead atoms. The van der Waals surface area contributed by atoms with Gasteiger partial charge in [-0.25, -0.2) is 9.18 Å². The Hall–Kier alpha value is -3.59. The Labute approximate surface area is 199 Å². The first-order valence-corrected chi connectivity index (χ1v) is 12.1. The smallest absolute Gasteiger partial charge is 0.339 e. The molecule has 3 rings (SSSR count). The number of ether oxygens (including phenoxy) is 1. The highest BCUT2D eigenvalue weighted by atomic mass is 32.2. The van der Waals surface area contributed by atoms with Crippen LogP contribution in [0, 0.1) is 11.7 Å². The number of carbonyl (C=O) groups is 1. The number of carbonyl (C=O) groups excluding carboxylic acids is 1. The molecule has 180 valence electrons. The van der Waals surface area contributed by atoms with Crippen LogP contribution in [0.1, 0.15) is 19.4 Å². The average molecular weight is 487 g/mol. The first-order valence-electron chi connectivity index (χ1n) is 10.7. The summed E-state index contributed by atoms with van der Waals surface area (Å²) >= 11 is 0. The number of rotatable bonds is 9. The molecule has 0 spiro atoms. The highest BCUT2D eigenvalue weighted by Gasteiger charge is 2.19. The third-order valence-electron chi connectivity index (χ3n) is 4.77. The van der Waals surface area contributed by atoms with E-state index in [-0.39, 0.29) is 29.1 Å². The molecule has 0 aliphatic carbocycles. The van der Waals surface area contributed by atoms with E-state index in [9.17, 15) is 17.6 Å². The molecule has 9 heteroatoms. The molecule has 0 heterocycles. The molecule has 0 radical (unpaired) electrons. The zero-order valence-corrected chi connectivity index (χ0v) is 20.0. The van der Waals surface area contributed by atoms with Crippen LogP contribution in [0.5, 0.6) is 11.5 Å². The van der Waals surface area contributed by atoms with Gasteiger partial charge in [-0.15, -0.1) is 0 Å². The molecule has 0 unspecified atom stereocenters. The maximum Gasteiger partial charge on any atom is 0.339 e. The van der Waals surface area contributed by atoms with Crippen molar-refractivity contribution in [1.29, 1.82) is 0 Å². The van der Waals surface area contributed by atoms with Gasteiger partial charge in [-0.05, 0) is 60.0 Å². The van der Waals surface area contributed by atoms with Gasteiger partial charge in [0, 0.05) is 24.8 Å². The van der Waals surface area contributed by atoms with Crippen molar-refractivity contribution in [1.82, 2.24) is 4.90 Å². The van der Waals surface area contributed by atoms with E-state index in [0.29, 0.717) is 23.5 Å². The molecule has 0 aromatic heterocycles. The fourth-order valence-corrected chi connectivity index (χ4v) is 4.18. The van der Waals surface area contributed by atoms with Crippen LogP contribution in [0.25, 0.3) is 0 Å². The van der Waals surface area contributed by atoms with Crippen molar-refractivity contribution in [3.8, 4) is 11.5 Å². The van der Waals surface area contributed by atoms with Crippen molar-refractivity contribution in [3.05, 3.63) is 84.2 Å². The van der Waals surface area contributed by atoms with Gasteiger partial charge >= 0.3 is 16.1 Å². The van der Waals surface area contributed by atoms with Gasteiger partial charge in [0.05, 0.1) is 7.11 Å². The number of nitrogens with zero attached hydrogens (tertiary/aromatic N) is 1. The molecule has 1 N–H and O–H groups in total. The van der Waals surface area contributed by atoms with E-state index in [4.69, 9.17) is 8.92 Å². The number of benzene rings is 3. The number of hydrogen-bond acceptors (Lipinski definition) is 5. The summed E-state index contributed by atoms with van der Waals surface area (Å²) in [5.41, 5.74) is 1.29. The van der Waals surface area contributed by atoms with Crippen LogP contribution in [-0.2, 0) is 16.7 Å². The average Bonchev–Trinajstić information content (AvgIpc) is 2.78. The predicted octanol–water partition coefficient (Wildman–Crippen LogP) is 5.29. The summed E-state index contributed by atoms with van der Waals surface area (Å²) < 4.78 is 48.6. The normalized spacial score (nSPS) is 11.2. The van der Waals surface area contributed by atoms with Crippen LogP contribution in [-0.4, -0.2) is 33.0 Å². The molecule has 2 amide bonds. The van der Waals surface area contributed by atoms with Gasteiger partial charge in [0.15, 0.2) is 0 Å². The number of nitrogens with one attached hydrogen (secondary N) is 1. The number of methoxy groups -OCH3 is 1. The van der Waals surface area contributed by atoms with E-state index in [1.807, 2.05) is 13.8 Å². The Morgan fingerprint density at radius 3 is 2.35 bits per heavy atom. The Morgan fingerprint density at radius 1 is 1.00 bits per heavy atom. The van der Waals surface area contributed by atoms with Crippen molar-refractivity contribution in [2.45, 2.75) is 25.3 Å². The molecular weight excluding hydrogens is 459 g/mol. The fourth-order valence-electron chi connectivity index (χ4n) is 3.26. The Bertz CT molecular complexity index is 1230. The molecule has 0 aliphatic rings. The molecule has 0 saturated heterocycles. The van der Waals surface area contributed by atoms with Crippen molar-refractivity contribution >= 4 is 21.8 Å². The van der Waals surface area contributed by atoms with Crippen molar-refractivity contribution < 1.29 is 26.5 Å². The van der Waals surface area contributed by atoms with Crippen LogP contribution in [0.4, 0.5) is 14.9 Å². The maximum atomic E-state index is 13.1. The lowest BCUT2D eigenvalue weighted by atomic mass is 10.1. The minimum atomic E-state index is -4.13. The molecule has 3 aromatic carbocycles. The summed E-state index contributed by atoms with van der Waals surface area (Å²) in [6.45, 7) is 4.72. The Balaban J connectivity index is 1.76. The van der Waals surface area contributed by atoms with Gasteiger partial charge in [0.25, 0.3) is 0 Å². The summed E-state index contributed by atoms with van der Waals surface area (Å²) in [6.07, 6.45) is 0. The number of urea groups is 1. The highest BCUT2D eigenvalue weighted by Crippen LogP contribution is 2.22. The Kier molecular flexibility index (Phi) is 8.12. The Morgan fingerprint density at radius 2 is 1.68 bits per heavy atom. The SMILES string of the molecule is COc1cccc(NC(=O)N(Cc2cccc(OS(=O)(=O)c3ccc(F)cc3)c2)CC(C)C)c1. The lowest BCUT2D eigenvalue weighted by Gasteiger charge is -2.25. The quantitative estimate of drug-likeness (QED) is 0.415. The summed E-state index contributed by atoms with van der Waals surface area (Å²) in [5.74, 6) is 0.382. The minimum Gasteiger partial charge on any atom is -0.497 e. The van der Waals surface area contributed by atoms with Crippen molar-refractivity contribution in [2.75, 3.05) is 19.0 Å². The zero-order valence-electron chi connectivity index (χ0n) is 19.2. The second-order valence-corrected chi connectivity index (χ2v) is 9.62. The molecule has 0 atom stereocenters. The third kappa shape index (κ3) is 6.95. The van der Waals surface area contributed by atoms with E-state index >= 15 is 0 Å². The largest absolute Gasteiger partial charge is 0.497 e. The van der Waals surface area contributed by atoms with E-state index in [1.54, 1.807) is 54.5 Å². The lowest BCUT2D eigenvalue weighted by molar-refractivity contribution is 0.201. The first kappa shape index (κ1) is 25.0. The minimum absolute atomic E-state index is 0.0968. The van der Waals surface area contributed by atoms with Gasteiger partial charge in [0.1, 0.15) is 22.2 Å². The van der Waals surface area contributed by atoms with Crippen molar-refractivity contribution in [2.24, 2.45) is 5.92 Å². The van der Waals surface area contributed by atoms with Gasteiger partial charge < -0.3 is 19.1 Å². The standard InChI is InChI=1S/C25H27FN2O5S/c1-18(2)16-28(25(29)27-21-7-5-8-22(15-21)32-3)17-19-6-4-9-23(14-19)33-34(30,31)24-12-10-20(26)11-13-24/h4-15,18H,16-17H2,1-3H3,(H,27,29). The third-order valence-corrected chi connectivity index (χ3v) is 6.04. The van der Waals surface area contributed by atoms with E-state index in [0.717, 1.165) is 24.3 Å². The van der Waals surface area contributed by atoms with Crippen LogP contribution in [0.3, 0.4) is 0 Å². The fraction of sp³-hybridized carbons (Fsp3) is 0.240. The molecular formula is C25H27FN2O5S. The number of anilines is 1. The zero-order chi connectivity index (χ0) is 24.7. The van der Waals surface area contributed by atoms with Crippen LogP contribution >= 0.6 is 0 Å². The highest BCUT2D eigenvalue weighted by molar-refractivity contribution is 7.87. The van der Waals surface area contributed by atoms with Crippen LogP contribution in [0.2, 0.25) is 0 Å². The molecule has 34 heavy (non-hydrogen) atoms. The summed E-state index contributed by atoms with van der Waals surface area (Å²) in [7, 11) is -2.58. The second-order valence-electron chi connectivity index (χ2n) is 8.08. The number of hydrogen-bond donors (Lipinski definition) is 1. The lowest BCUT2D eigenvalue weighted by Crippen LogP contribution is -2.37.